The van der Waals surface area contributed by atoms with Gasteiger partial charge in [-0.3, -0.25) is 0 Å². The summed E-state index contributed by atoms with van der Waals surface area (Å²) in [6, 6.07) is 12.1. The maximum Gasteiger partial charge on any atom is 0.243 e. The number of hydrogen-bond acceptors (Lipinski definition) is 3. The van der Waals surface area contributed by atoms with E-state index in [0.717, 1.165) is 10.0 Å². The van der Waals surface area contributed by atoms with Crippen LogP contribution in [0.3, 0.4) is 0 Å². The van der Waals surface area contributed by atoms with Crippen molar-refractivity contribution in [2.24, 2.45) is 0 Å². The minimum absolute atomic E-state index is 0.211. The zero-order valence-electron chi connectivity index (χ0n) is 11.3. The average molecular weight is 434 g/mol. The molecule has 0 aliphatic rings. The Bertz CT molecular complexity index is 746. The summed E-state index contributed by atoms with van der Waals surface area (Å²) >= 11 is 6.60. The number of nitrogens with two attached hydrogens (primary N) is 1. The first-order valence-electron chi connectivity index (χ1n) is 6.06. The summed E-state index contributed by atoms with van der Waals surface area (Å²) in [6.07, 6.45) is 0. The number of halogens is 2. The topological polar surface area (TPSA) is 63.4 Å². The van der Waals surface area contributed by atoms with Gasteiger partial charge >= 0.3 is 0 Å². The van der Waals surface area contributed by atoms with E-state index < -0.39 is 10.0 Å². The van der Waals surface area contributed by atoms with E-state index in [1.165, 1.54) is 16.4 Å². The van der Waals surface area contributed by atoms with Gasteiger partial charge in [0.15, 0.2) is 0 Å². The number of benzene rings is 2. The number of hydrogen-bond donors (Lipinski definition) is 1. The number of sulfonamides is 1. The van der Waals surface area contributed by atoms with Crippen LogP contribution in [0.1, 0.15) is 5.56 Å². The van der Waals surface area contributed by atoms with Crippen molar-refractivity contribution < 1.29 is 8.42 Å². The van der Waals surface area contributed by atoms with Crippen LogP contribution in [-0.4, -0.2) is 19.8 Å². The average Bonchev–Trinajstić information content (AvgIpc) is 2.44. The van der Waals surface area contributed by atoms with Crippen LogP contribution < -0.4 is 5.73 Å². The largest absolute Gasteiger partial charge is 0.398 e. The standard InChI is InChI=1S/C14H14Br2N2O2S/c1-18(9-10-2-4-11(15)5-3-10)21(19,20)12-6-7-14(17)13(16)8-12/h2-8H,9,17H2,1H3. The van der Waals surface area contributed by atoms with Crippen molar-refractivity contribution in [3.63, 3.8) is 0 Å². The fourth-order valence-electron chi connectivity index (χ4n) is 1.78. The summed E-state index contributed by atoms with van der Waals surface area (Å²) in [6.45, 7) is 0.303. The maximum atomic E-state index is 12.5. The van der Waals surface area contributed by atoms with Crippen molar-refractivity contribution in [3.8, 4) is 0 Å². The Labute approximate surface area is 141 Å². The van der Waals surface area contributed by atoms with Crippen LogP contribution >= 0.6 is 31.9 Å². The van der Waals surface area contributed by atoms with Crippen molar-refractivity contribution >= 4 is 47.6 Å². The second-order valence-corrected chi connectivity index (χ2v) is 8.39. The Hall–Kier alpha value is -0.890. The molecule has 21 heavy (non-hydrogen) atoms. The van der Waals surface area contributed by atoms with Crippen LogP contribution in [0.25, 0.3) is 0 Å². The van der Waals surface area contributed by atoms with Crippen LogP contribution in [0.5, 0.6) is 0 Å². The highest BCUT2D eigenvalue weighted by molar-refractivity contribution is 9.10. The lowest BCUT2D eigenvalue weighted by Gasteiger charge is -2.18. The second-order valence-electron chi connectivity index (χ2n) is 4.57. The monoisotopic (exact) mass is 432 g/mol. The van der Waals surface area contributed by atoms with Gasteiger partial charge in [0.2, 0.25) is 10.0 Å². The van der Waals surface area contributed by atoms with Gasteiger partial charge < -0.3 is 5.73 Å². The predicted octanol–water partition coefficient (Wildman–Crippen LogP) is 3.61. The van der Waals surface area contributed by atoms with E-state index in [4.69, 9.17) is 5.73 Å². The molecule has 4 nitrogen and oxygen atoms in total. The third kappa shape index (κ3) is 3.85. The van der Waals surface area contributed by atoms with Gasteiger partial charge in [-0.2, -0.15) is 4.31 Å². The summed E-state index contributed by atoms with van der Waals surface area (Å²) in [5, 5.41) is 0. The van der Waals surface area contributed by atoms with Crippen molar-refractivity contribution in [2.75, 3.05) is 12.8 Å². The third-order valence-electron chi connectivity index (χ3n) is 3.00. The van der Waals surface area contributed by atoms with Gasteiger partial charge in [-0.15, -0.1) is 0 Å². The second kappa shape index (κ2) is 6.48. The molecule has 2 N–H and O–H groups in total. The fraction of sp³-hybridized carbons (Fsp3) is 0.143. The molecule has 0 aromatic heterocycles. The van der Waals surface area contributed by atoms with Crippen molar-refractivity contribution in [1.29, 1.82) is 0 Å². The number of nitrogen functional groups attached to an aromatic ring is 1. The first-order chi connectivity index (χ1) is 9.80. The molecule has 0 heterocycles. The lowest BCUT2D eigenvalue weighted by atomic mass is 10.2. The zero-order valence-corrected chi connectivity index (χ0v) is 15.2. The molecular formula is C14H14Br2N2O2S. The van der Waals surface area contributed by atoms with Gasteiger partial charge in [-0.25, -0.2) is 8.42 Å². The lowest BCUT2D eigenvalue weighted by Crippen LogP contribution is -2.26. The van der Waals surface area contributed by atoms with E-state index in [-0.39, 0.29) is 4.90 Å². The van der Waals surface area contributed by atoms with E-state index >= 15 is 0 Å². The highest BCUT2D eigenvalue weighted by Crippen LogP contribution is 2.25. The molecule has 0 bridgehead atoms. The Balaban J connectivity index is 2.25. The van der Waals surface area contributed by atoms with Gasteiger partial charge in [0.25, 0.3) is 0 Å². The summed E-state index contributed by atoms with van der Waals surface area (Å²) in [5.41, 5.74) is 7.11. The molecule has 0 saturated carbocycles. The molecule has 112 valence electrons. The van der Waals surface area contributed by atoms with E-state index in [9.17, 15) is 8.42 Å². The molecule has 0 unspecified atom stereocenters. The molecule has 0 saturated heterocycles. The highest BCUT2D eigenvalue weighted by atomic mass is 79.9. The minimum Gasteiger partial charge on any atom is -0.398 e. The number of nitrogens with zero attached hydrogens (tertiary/aromatic N) is 1. The Kier molecular flexibility index (Phi) is 5.08. The molecule has 2 rings (SSSR count). The molecule has 0 fully saturated rings. The molecular weight excluding hydrogens is 420 g/mol. The van der Waals surface area contributed by atoms with Crippen LogP contribution in [-0.2, 0) is 16.6 Å². The molecule has 0 radical (unpaired) electrons. The summed E-state index contributed by atoms with van der Waals surface area (Å²) in [4.78, 5) is 0.211. The van der Waals surface area contributed by atoms with Crippen molar-refractivity contribution in [2.45, 2.75) is 11.4 Å². The normalized spacial score (nSPS) is 11.8. The van der Waals surface area contributed by atoms with E-state index in [0.29, 0.717) is 16.7 Å². The van der Waals surface area contributed by atoms with Gasteiger partial charge in [0.1, 0.15) is 0 Å². The van der Waals surface area contributed by atoms with Crippen molar-refractivity contribution in [1.82, 2.24) is 4.31 Å². The molecule has 0 atom stereocenters. The van der Waals surface area contributed by atoms with Gasteiger partial charge in [-0.05, 0) is 51.8 Å². The fourth-order valence-corrected chi connectivity index (χ4v) is 3.76. The SMILES string of the molecule is CN(Cc1ccc(Br)cc1)S(=O)(=O)c1ccc(N)c(Br)c1. The van der Waals surface area contributed by atoms with E-state index in [1.54, 1.807) is 13.1 Å². The first-order valence-corrected chi connectivity index (χ1v) is 9.09. The minimum atomic E-state index is -3.55. The van der Waals surface area contributed by atoms with Crippen molar-refractivity contribution in [3.05, 3.63) is 57.0 Å². The van der Waals surface area contributed by atoms with Crippen LogP contribution in [0.15, 0.2) is 56.3 Å². The van der Waals surface area contributed by atoms with Crippen LogP contribution in [0.2, 0.25) is 0 Å². The van der Waals surface area contributed by atoms with E-state index in [1.807, 2.05) is 24.3 Å². The molecule has 2 aromatic carbocycles. The zero-order chi connectivity index (χ0) is 15.6. The van der Waals surface area contributed by atoms with E-state index in [2.05, 4.69) is 31.9 Å². The molecule has 0 aliphatic carbocycles. The maximum absolute atomic E-state index is 12.5. The Morgan fingerprint density at radius 3 is 2.29 bits per heavy atom. The molecule has 2 aromatic rings. The quantitative estimate of drug-likeness (QED) is 0.749. The Morgan fingerprint density at radius 1 is 1.10 bits per heavy atom. The van der Waals surface area contributed by atoms with Gasteiger partial charge in [0, 0.05) is 28.2 Å². The first kappa shape index (κ1) is 16.5. The van der Waals surface area contributed by atoms with Gasteiger partial charge in [-0.1, -0.05) is 28.1 Å². The summed E-state index contributed by atoms with van der Waals surface area (Å²) in [7, 11) is -1.99. The smallest absolute Gasteiger partial charge is 0.243 e. The third-order valence-corrected chi connectivity index (χ3v) is 6.01. The lowest BCUT2D eigenvalue weighted by molar-refractivity contribution is 0.466. The van der Waals surface area contributed by atoms with Gasteiger partial charge in [0.05, 0.1) is 4.90 Å². The van der Waals surface area contributed by atoms with Crippen LogP contribution in [0.4, 0.5) is 5.69 Å². The summed E-state index contributed by atoms with van der Waals surface area (Å²) in [5.74, 6) is 0. The Morgan fingerprint density at radius 2 is 1.71 bits per heavy atom. The van der Waals surface area contributed by atoms with Crippen LogP contribution in [0, 0.1) is 0 Å². The molecule has 0 amide bonds. The molecule has 0 spiro atoms. The molecule has 7 heteroatoms. The summed E-state index contributed by atoms with van der Waals surface area (Å²) < 4.78 is 27.9. The number of anilines is 1. The molecule has 0 aliphatic heterocycles. The highest BCUT2D eigenvalue weighted by Gasteiger charge is 2.21. The predicted molar refractivity (Wildman–Crippen MR) is 91.3 cm³/mol. The number of rotatable bonds is 4.